The van der Waals surface area contributed by atoms with E-state index in [1.165, 1.54) is 0 Å². The molecule has 0 unspecified atom stereocenters. The molecule has 0 radical (unpaired) electrons. The van der Waals surface area contributed by atoms with Gasteiger partial charge in [0.1, 0.15) is 42.7 Å². The standard InChI is InChI=1S/2C3H9O.B4O7/c2*1-4(2)3;5-1-7-3-9-2(6)10-4(8-1)11-3/h2*1-3H3;/q2*+1;-2. The summed E-state index contributed by atoms with van der Waals surface area (Å²) in [5, 5.41) is 21.0. The first-order valence-electron chi connectivity index (χ1n) is 5.28. The van der Waals surface area contributed by atoms with Gasteiger partial charge in [-0.3, -0.25) is 0 Å². The average molecular weight is 277 g/mol. The number of fused-ring (bicyclic) bond motifs is 2. The molecule has 13 heteroatoms. The maximum Gasteiger partial charge on any atom is 0.597 e. The van der Waals surface area contributed by atoms with Crippen LogP contribution in [0.4, 0.5) is 0 Å². The van der Waals surface area contributed by atoms with Crippen LogP contribution < -0.4 is 10.0 Å². The summed E-state index contributed by atoms with van der Waals surface area (Å²) in [6, 6.07) is 0. The van der Waals surface area contributed by atoms with Crippen LogP contribution in [0, 0.1) is 0 Å². The molecule has 0 aromatic carbocycles. The second kappa shape index (κ2) is 9.75. The minimum atomic E-state index is -1.73. The van der Waals surface area contributed by atoms with Crippen LogP contribution in [0.3, 0.4) is 0 Å². The summed E-state index contributed by atoms with van der Waals surface area (Å²) in [5.74, 6) is 0. The van der Waals surface area contributed by atoms with E-state index >= 15 is 0 Å². The summed E-state index contributed by atoms with van der Waals surface area (Å²) in [5.41, 5.74) is 0. The van der Waals surface area contributed by atoms with Crippen molar-refractivity contribution in [3.05, 3.63) is 0 Å². The Bertz CT molecular complexity index is 188. The quantitative estimate of drug-likeness (QED) is 0.336. The van der Waals surface area contributed by atoms with Crippen molar-refractivity contribution in [2.75, 3.05) is 42.7 Å². The van der Waals surface area contributed by atoms with E-state index < -0.39 is 29.3 Å². The summed E-state index contributed by atoms with van der Waals surface area (Å²) in [4.78, 5) is 0. The Morgan fingerprint density at radius 2 is 0.789 bits per heavy atom. The van der Waals surface area contributed by atoms with E-state index in [4.69, 9.17) is 0 Å². The molecular formula is C6H18B4O9. The lowest BCUT2D eigenvalue weighted by molar-refractivity contribution is -0.260. The Labute approximate surface area is 114 Å². The van der Waals surface area contributed by atoms with Crippen molar-refractivity contribution in [2.24, 2.45) is 0 Å². The Balaban J connectivity index is 0.000000342. The van der Waals surface area contributed by atoms with Gasteiger partial charge in [0, 0.05) is 0 Å². The second-order valence-corrected chi connectivity index (χ2v) is 4.28. The highest BCUT2D eigenvalue weighted by atomic mass is 16.9. The molecule has 2 aliphatic rings. The first-order chi connectivity index (χ1) is 8.70. The zero-order chi connectivity index (χ0) is 15.0. The SMILES string of the molecule is C[O+](C)C.C[O+](C)C.[O-]B1OB2OB([O-])OB(O1)O2. The van der Waals surface area contributed by atoms with Crippen LogP contribution in [0.2, 0.25) is 0 Å². The molecule has 0 N–H and O–H groups in total. The minimum Gasteiger partial charge on any atom is -0.833 e. The van der Waals surface area contributed by atoms with E-state index in [0.29, 0.717) is 0 Å². The fraction of sp³-hybridized carbons (Fsp3) is 1.00. The lowest BCUT2D eigenvalue weighted by Gasteiger charge is -2.40. The van der Waals surface area contributed by atoms with Crippen molar-refractivity contribution >= 4 is 29.3 Å². The molecule has 2 rings (SSSR count). The van der Waals surface area contributed by atoms with Gasteiger partial charge in [-0.1, -0.05) is 0 Å². The van der Waals surface area contributed by atoms with Crippen LogP contribution in [0.1, 0.15) is 0 Å². The fourth-order valence-electron chi connectivity index (χ4n) is 0.710. The molecule has 2 saturated heterocycles. The maximum atomic E-state index is 10.5. The van der Waals surface area contributed by atoms with Crippen molar-refractivity contribution in [1.82, 2.24) is 0 Å². The molecule has 0 spiro atoms. The topological polar surface area (TPSA) is 97.7 Å². The zero-order valence-corrected chi connectivity index (χ0v) is 12.0. The van der Waals surface area contributed by atoms with E-state index in [1.54, 1.807) is 0 Å². The van der Waals surface area contributed by atoms with Crippen LogP contribution in [-0.2, 0) is 31.6 Å². The third-order valence-corrected chi connectivity index (χ3v) is 1.11. The lowest BCUT2D eigenvalue weighted by Crippen LogP contribution is -2.65. The smallest absolute Gasteiger partial charge is 0.597 e. The van der Waals surface area contributed by atoms with Crippen LogP contribution in [0.15, 0.2) is 0 Å². The first-order valence-corrected chi connectivity index (χ1v) is 5.28. The maximum absolute atomic E-state index is 10.5. The Morgan fingerprint density at radius 3 is 1.00 bits per heavy atom. The summed E-state index contributed by atoms with van der Waals surface area (Å²) < 4.78 is 27.0. The normalized spacial score (nSPS) is 18.0. The van der Waals surface area contributed by atoms with Crippen LogP contribution >= 0.6 is 0 Å². The highest BCUT2D eigenvalue weighted by Crippen LogP contribution is 2.12. The van der Waals surface area contributed by atoms with Crippen molar-refractivity contribution in [3.8, 4) is 0 Å². The van der Waals surface area contributed by atoms with Gasteiger partial charge < -0.3 is 41.6 Å². The molecule has 0 amide bonds. The highest BCUT2D eigenvalue weighted by molar-refractivity contribution is 6.73. The molecule has 0 aromatic rings. The highest BCUT2D eigenvalue weighted by Gasteiger charge is 2.44. The fourth-order valence-corrected chi connectivity index (χ4v) is 0.710. The zero-order valence-electron chi connectivity index (χ0n) is 12.0. The molecular weight excluding hydrogens is 259 g/mol. The van der Waals surface area contributed by atoms with E-state index in [0.717, 1.165) is 0 Å². The Morgan fingerprint density at radius 1 is 0.579 bits per heavy atom. The molecule has 0 aromatic heterocycles. The van der Waals surface area contributed by atoms with Gasteiger partial charge in [-0.05, 0) is 0 Å². The number of hydrogen-bond donors (Lipinski definition) is 0. The van der Waals surface area contributed by atoms with Crippen LogP contribution in [0.25, 0.3) is 0 Å². The van der Waals surface area contributed by atoms with Crippen LogP contribution in [0.5, 0.6) is 0 Å². The van der Waals surface area contributed by atoms with Crippen molar-refractivity contribution in [1.29, 1.82) is 0 Å². The summed E-state index contributed by atoms with van der Waals surface area (Å²) in [6.45, 7) is 0. The third kappa shape index (κ3) is 11.4. The molecule has 2 aliphatic heterocycles. The molecule has 2 fully saturated rings. The first kappa shape index (κ1) is 18.9. The second-order valence-electron chi connectivity index (χ2n) is 4.28. The number of rotatable bonds is 0. The Hall–Kier alpha value is -0.100. The predicted octanol–water partition coefficient (Wildman–Crippen LogP) is -3.39. The minimum absolute atomic E-state index is 1.27. The lowest BCUT2D eigenvalue weighted by atomic mass is 9.90. The van der Waals surface area contributed by atoms with Crippen molar-refractivity contribution < 1.29 is 41.6 Å². The van der Waals surface area contributed by atoms with Gasteiger partial charge in [0.2, 0.25) is 0 Å². The van der Waals surface area contributed by atoms with Gasteiger partial charge in [0.15, 0.2) is 0 Å². The molecule has 0 atom stereocenters. The molecule has 2 heterocycles. The molecule has 108 valence electrons. The van der Waals surface area contributed by atoms with E-state index in [-0.39, 0.29) is 0 Å². The molecule has 2 bridgehead atoms. The van der Waals surface area contributed by atoms with Crippen molar-refractivity contribution in [2.45, 2.75) is 0 Å². The average Bonchev–Trinajstić information content (AvgIpc) is 2.11. The van der Waals surface area contributed by atoms with Gasteiger partial charge in [0.05, 0.1) is 0 Å². The van der Waals surface area contributed by atoms with Gasteiger partial charge >= 0.3 is 29.3 Å². The summed E-state index contributed by atoms with van der Waals surface area (Å²) in [6.07, 6.45) is 0. The monoisotopic (exact) mass is 278 g/mol. The van der Waals surface area contributed by atoms with Gasteiger partial charge in [0.25, 0.3) is 0 Å². The van der Waals surface area contributed by atoms with E-state index in [9.17, 15) is 10.0 Å². The van der Waals surface area contributed by atoms with Gasteiger partial charge in [-0.15, -0.1) is 0 Å². The number of hydrogen-bond acceptors (Lipinski definition) is 7. The van der Waals surface area contributed by atoms with E-state index in [1.807, 2.05) is 42.7 Å². The Kier molecular flexibility index (Phi) is 9.70. The van der Waals surface area contributed by atoms with Crippen molar-refractivity contribution in [3.63, 3.8) is 0 Å². The molecule has 0 saturated carbocycles. The predicted molar refractivity (Wildman–Crippen MR) is 66.2 cm³/mol. The van der Waals surface area contributed by atoms with Gasteiger partial charge in [-0.2, -0.15) is 0 Å². The van der Waals surface area contributed by atoms with Gasteiger partial charge in [-0.25, -0.2) is 0 Å². The van der Waals surface area contributed by atoms with E-state index in [2.05, 4.69) is 31.6 Å². The molecule has 9 nitrogen and oxygen atoms in total. The molecule has 0 aliphatic carbocycles. The summed E-state index contributed by atoms with van der Waals surface area (Å²) >= 11 is 0. The van der Waals surface area contributed by atoms with Crippen LogP contribution in [-0.4, -0.2) is 71.9 Å². The third-order valence-electron chi connectivity index (χ3n) is 1.11. The largest absolute Gasteiger partial charge is 0.833 e. The molecule has 19 heavy (non-hydrogen) atoms. The summed E-state index contributed by atoms with van der Waals surface area (Å²) in [7, 11) is 5.50.